The van der Waals surface area contributed by atoms with E-state index in [9.17, 15) is 19.4 Å². The second kappa shape index (κ2) is 5.82. The molecule has 2 N–H and O–H groups in total. The molecule has 3 aromatic rings. The molecule has 0 unspecified atom stereocenters. The molecule has 6 heteroatoms. The summed E-state index contributed by atoms with van der Waals surface area (Å²) < 4.78 is 13.1. The van der Waals surface area contributed by atoms with Crippen LogP contribution >= 0.6 is 0 Å². The number of aliphatic hydroxyl groups excluding tert-OH is 1. The molecule has 0 fully saturated rings. The molecule has 5 nitrogen and oxygen atoms in total. The molecule has 0 bridgehead atoms. The van der Waals surface area contributed by atoms with Crippen LogP contribution in [0, 0.1) is 5.82 Å². The minimum atomic E-state index is -0.336. The lowest BCUT2D eigenvalue weighted by Gasteiger charge is -2.15. The first-order chi connectivity index (χ1) is 12.1. The Labute approximate surface area is 143 Å². The zero-order valence-electron chi connectivity index (χ0n) is 13.2. The van der Waals surface area contributed by atoms with Gasteiger partial charge in [0.15, 0.2) is 5.75 Å². The summed E-state index contributed by atoms with van der Waals surface area (Å²) in [5.41, 5.74) is 2.51. The van der Waals surface area contributed by atoms with E-state index in [2.05, 4.69) is 4.98 Å². The Kier molecular flexibility index (Phi) is 3.62. The number of aromatic hydroxyl groups is 1. The molecule has 0 atom stereocenters. The summed E-state index contributed by atoms with van der Waals surface area (Å²) in [5, 5.41) is 21.0. The first-order valence-corrected chi connectivity index (χ1v) is 7.86. The van der Waals surface area contributed by atoms with Gasteiger partial charge >= 0.3 is 0 Å². The number of aliphatic hydroxyl groups is 1. The first-order valence-electron chi connectivity index (χ1n) is 7.86. The van der Waals surface area contributed by atoms with E-state index < -0.39 is 0 Å². The normalized spacial score (nSPS) is 13.5. The summed E-state index contributed by atoms with van der Waals surface area (Å²) in [7, 11) is 0. The molecule has 0 radical (unpaired) electrons. The number of nitrogens with zero attached hydrogens (tertiary/aromatic N) is 2. The topological polar surface area (TPSA) is 73.7 Å². The largest absolute Gasteiger partial charge is 0.505 e. The summed E-state index contributed by atoms with van der Waals surface area (Å²) in [6.45, 7) is 0.324. The van der Waals surface area contributed by atoms with Crippen LogP contribution in [-0.2, 0) is 19.7 Å². The van der Waals surface area contributed by atoms with Gasteiger partial charge < -0.3 is 15.1 Å². The fourth-order valence-corrected chi connectivity index (χ4v) is 3.36. The van der Waals surface area contributed by atoms with Crippen LogP contribution in [0.4, 0.5) is 4.39 Å². The van der Waals surface area contributed by atoms with Gasteiger partial charge in [-0.15, -0.1) is 0 Å². The maximum absolute atomic E-state index is 13.1. The van der Waals surface area contributed by atoms with Crippen molar-refractivity contribution in [2.45, 2.75) is 19.7 Å². The number of phenols is 1. The average molecular weight is 338 g/mol. The van der Waals surface area contributed by atoms with Gasteiger partial charge in [0.1, 0.15) is 11.3 Å². The van der Waals surface area contributed by atoms with Crippen LogP contribution in [0.25, 0.3) is 10.9 Å². The number of pyridine rings is 1. The van der Waals surface area contributed by atoms with Crippen molar-refractivity contribution in [2.24, 2.45) is 0 Å². The number of amides is 1. The summed E-state index contributed by atoms with van der Waals surface area (Å²) in [6.07, 6.45) is 1.53. The zero-order chi connectivity index (χ0) is 17.6. The molecule has 0 aliphatic carbocycles. The molecule has 1 aromatic heterocycles. The first kappa shape index (κ1) is 15.5. The third-order valence-electron chi connectivity index (χ3n) is 4.55. The predicted molar refractivity (Wildman–Crippen MR) is 89.3 cm³/mol. The standard InChI is InChI=1S/C19H15FN2O3/c20-12-5-3-11(4-6-12)8-22-9-14-15(10-23)13-2-1-7-21-17(13)18(24)16(14)19(22)25/h1-7,23-24H,8-10H2. The van der Waals surface area contributed by atoms with E-state index in [1.807, 2.05) is 0 Å². The van der Waals surface area contributed by atoms with E-state index in [1.165, 1.54) is 18.3 Å². The third kappa shape index (κ3) is 2.42. The number of hydrogen-bond donors (Lipinski definition) is 2. The van der Waals surface area contributed by atoms with Gasteiger partial charge in [-0.05, 0) is 34.9 Å². The maximum Gasteiger partial charge on any atom is 0.258 e. The fourth-order valence-electron chi connectivity index (χ4n) is 3.36. The van der Waals surface area contributed by atoms with Crippen molar-refractivity contribution in [1.29, 1.82) is 0 Å². The summed E-state index contributed by atoms with van der Waals surface area (Å²) in [6, 6.07) is 9.42. The number of hydrogen-bond acceptors (Lipinski definition) is 4. The second-order valence-electron chi connectivity index (χ2n) is 6.03. The van der Waals surface area contributed by atoms with Crippen LogP contribution in [0.1, 0.15) is 27.0 Å². The highest BCUT2D eigenvalue weighted by atomic mass is 19.1. The number of fused-ring (bicyclic) bond motifs is 2. The second-order valence-corrected chi connectivity index (χ2v) is 6.03. The minimum absolute atomic E-state index is 0.158. The Morgan fingerprint density at radius 3 is 2.68 bits per heavy atom. The predicted octanol–water partition coefficient (Wildman–Crippen LogP) is 2.73. The Balaban J connectivity index is 1.79. The smallest absolute Gasteiger partial charge is 0.258 e. The highest BCUT2D eigenvalue weighted by molar-refractivity contribution is 6.07. The van der Waals surface area contributed by atoms with Crippen molar-refractivity contribution < 1.29 is 19.4 Å². The number of rotatable bonds is 3. The lowest BCUT2D eigenvalue weighted by Crippen LogP contribution is -2.23. The number of phenolic OH excluding ortho intramolecular Hbond substituents is 1. The molecule has 126 valence electrons. The molecule has 1 aliphatic rings. The van der Waals surface area contributed by atoms with Gasteiger partial charge in [0.05, 0.1) is 12.2 Å². The molecular weight excluding hydrogens is 323 g/mol. The molecule has 2 heterocycles. The number of halogens is 1. The molecule has 1 aliphatic heterocycles. The van der Waals surface area contributed by atoms with Gasteiger partial charge in [0, 0.05) is 24.7 Å². The average Bonchev–Trinajstić information content (AvgIpc) is 2.94. The zero-order valence-corrected chi connectivity index (χ0v) is 13.2. The van der Waals surface area contributed by atoms with Crippen molar-refractivity contribution in [1.82, 2.24) is 9.88 Å². The van der Waals surface area contributed by atoms with Gasteiger partial charge in [0.2, 0.25) is 0 Å². The summed E-state index contributed by atoms with van der Waals surface area (Å²) >= 11 is 0. The number of benzene rings is 2. The maximum atomic E-state index is 13.1. The minimum Gasteiger partial charge on any atom is -0.505 e. The molecule has 4 rings (SSSR count). The van der Waals surface area contributed by atoms with Crippen LogP contribution in [0.15, 0.2) is 42.6 Å². The highest BCUT2D eigenvalue weighted by Gasteiger charge is 2.34. The Hall–Kier alpha value is -2.99. The summed E-state index contributed by atoms with van der Waals surface area (Å²) in [4.78, 5) is 18.5. The van der Waals surface area contributed by atoms with Crippen LogP contribution in [0.3, 0.4) is 0 Å². The van der Waals surface area contributed by atoms with Crippen LogP contribution in [-0.4, -0.2) is 26.0 Å². The summed E-state index contributed by atoms with van der Waals surface area (Å²) in [5.74, 6) is -0.814. The van der Waals surface area contributed by atoms with Crippen molar-refractivity contribution in [3.8, 4) is 5.75 Å². The number of carbonyl (C=O) groups excluding carboxylic acids is 1. The van der Waals surface area contributed by atoms with E-state index in [0.29, 0.717) is 28.6 Å². The Bertz CT molecular complexity index is 986. The van der Waals surface area contributed by atoms with Crippen molar-refractivity contribution in [3.63, 3.8) is 0 Å². The molecule has 25 heavy (non-hydrogen) atoms. The molecule has 2 aromatic carbocycles. The monoisotopic (exact) mass is 338 g/mol. The Morgan fingerprint density at radius 1 is 1.20 bits per heavy atom. The van der Waals surface area contributed by atoms with E-state index in [1.54, 1.807) is 29.2 Å². The van der Waals surface area contributed by atoms with E-state index in [0.717, 1.165) is 5.56 Å². The number of aromatic nitrogens is 1. The SMILES string of the molecule is O=C1c2c(c(CO)c3cccnc3c2O)CN1Cc1ccc(F)cc1. The van der Waals surface area contributed by atoms with Crippen molar-refractivity contribution >= 4 is 16.8 Å². The van der Waals surface area contributed by atoms with Crippen molar-refractivity contribution in [3.05, 3.63) is 70.7 Å². The van der Waals surface area contributed by atoms with Crippen LogP contribution in [0.2, 0.25) is 0 Å². The molecule has 0 saturated carbocycles. The quantitative estimate of drug-likeness (QED) is 0.770. The lowest BCUT2D eigenvalue weighted by atomic mass is 9.97. The lowest BCUT2D eigenvalue weighted by molar-refractivity contribution is 0.0764. The van der Waals surface area contributed by atoms with Crippen LogP contribution in [0.5, 0.6) is 5.75 Å². The fraction of sp³-hybridized carbons (Fsp3) is 0.158. The molecule has 1 amide bonds. The van der Waals surface area contributed by atoms with Gasteiger partial charge in [-0.25, -0.2) is 4.39 Å². The van der Waals surface area contributed by atoms with Gasteiger partial charge in [-0.2, -0.15) is 0 Å². The van der Waals surface area contributed by atoms with Gasteiger partial charge in [0.25, 0.3) is 5.91 Å². The molecule has 0 spiro atoms. The van der Waals surface area contributed by atoms with E-state index in [-0.39, 0.29) is 36.2 Å². The highest BCUT2D eigenvalue weighted by Crippen LogP contribution is 2.39. The van der Waals surface area contributed by atoms with E-state index in [4.69, 9.17) is 0 Å². The van der Waals surface area contributed by atoms with Crippen molar-refractivity contribution in [2.75, 3.05) is 0 Å². The third-order valence-corrected chi connectivity index (χ3v) is 4.55. The van der Waals surface area contributed by atoms with E-state index >= 15 is 0 Å². The van der Waals surface area contributed by atoms with Gasteiger partial charge in [-0.3, -0.25) is 9.78 Å². The Morgan fingerprint density at radius 2 is 1.96 bits per heavy atom. The molecule has 0 saturated heterocycles. The molecular formula is C19H15FN2O3. The number of carbonyl (C=O) groups is 1. The van der Waals surface area contributed by atoms with Gasteiger partial charge in [-0.1, -0.05) is 18.2 Å². The van der Waals surface area contributed by atoms with Crippen LogP contribution < -0.4 is 0 Å².